The smallest absolute Gasteiger partial charge is 0.360 e. The molecule has 9 heteroatoms. The van der Waals surface area contributed by atoms with Gasteiger partial charge in [-0.2, -0.15) is 0 Å². The van der Waals surface area contributed by atoms with Gasteiger partial charge in [0.2, 0.25) is 0 Å². The van der Waals surface area contributed by atoms with Gasteiger partial charge in [-0.3, -0.25) is 4.79 Å². The molecule has 3 heterocycles. The van der Waals surface area contributed by atoms with Crippen LogP contribution in [0.15, 0.2) is 36.5 Å². The van der Waals surface area contributed by atoms with E-state index in [2.05, 4.69) is 20.4 Å². The van der Waals surface area contributed by atoms with E-state index in [-0.39, 0.29) is 35.9 Å². The zero-order chi connectivity index (χ0) is 18.1. The maximum atomic E-state index is 12.4. The number of ether oxygens (including phenoxy) is 3. The lowest BCUT2D eigenvalue weighted by molar-refractivity contribution is 0.0591. The van der Waals surface area contributed by atoms with Gasteiger partial charge in [0.1, 0.15) is 18.2 Å². The van der Waals surface area contributed by atoms with Gasteiger partial charge < -0.3 is 19.5 Å². The molecular weight excluding hydrogens is 340 g/mol. The molecule has 0 unspecified atom stereocenters. The number of aromatic nitrogens is 3. The van der Waals surface area contributed by atoms with E-state index in [1.165, 1.54) is 13.3 Å². The summed E-state index contributed by atoms with van der Waals surface area (Å²) in [5, 5.41) is 10.8. The van der Waals surface area contributed by atoms with Crippen LogP contribution in [0.1, 0.15) is 26.9 Å². The second kappa shape index (κ2) is 6.85. The maximum absolute atomic E-state index is 12.4. The Hall–Kier alpha value is -2.78. The first kappa shape index (κ1) is 16.7. The molecule has 2 aliphatic heterocycles. The van der Waals surface area contributed by atoms with Crippen molar-refractivity contribution in [1.29, 1.82) is 0 Å². The lowest BCUT2D eigenvalue weighted by Gasteiger charge is -2.17. The maximum Gasteiger partial charge on any atom is 0.360 e. The van der Waals surface area contributed by atoms with Gasteiger partial charge in [-0.05, 0) is 12.1 Å². The summed E-state index contributed by atoms with van der Waals surface area (Å²) in [6, 6.07) is 8.53. The summed E-state index contributed by atoms with van der Waals surface area (Å²) in [5.41, 5.74) is 0.715. The number of hydrogen-bond donors (Lipinski definition) is 1. The highest BCUT2D eigenvalue weighted by atomic mass is 16.6. The largest absolute Gasteiger partial charge is 0.464 e. The summed E-state index contributed by atoms with van der Waals surface area (Å²) < 4.78 is 17.9. The van der Waals surface area contributed by atoms with Gasteiger partial charge in [-0.1, -0.05) is 23.4 Å². The average molecular weight is 358 g/mol. The van der Waals surface area contributed by atoms with Crippen LogP contribution >= 0.6 is 0 Å². The molecule has 4 rings (SSSR count). The summed E-state index contributed by atoms with van der Waals surface area (Å²) in [7, 11) is 1.29. The fraction of sp³-hybridized carbons (Fsp3) is 0.412. The summed E-state index contributed by atoms with van der Waals surface area (Å²) in [6.07, 6.45) is 0.961. The predicted molar refractivity (Wildman–Crippen MR) is 87.6 cm³/mol. The van der Waals surface area contributed by atoms with Crippen LogP contribution in [0.5, 0.6) is 0 Å². The van der Waals surface area contributed by atoms with Gasteiger partial charge in [-0.15, -0.1) is 5.10 Å². The summed E-state index contributed by atoms with van der Waals surface area (Å²) in [4.78, 5) is 23.9. The van der Waals surface area contributed by atoms with Crippen LogP contribution in [0.4, 0.5) is 0 Å². The number of carbonyl (C=O) groups excluding carboxylic acids is 2. The zero-order valence-electron chi connectivity index (χ0n) is 14.1. The Morgan fingerprint density at radius 2 is 1.96 bits per heavy atom. The molecule has 2 aromatic rings. The third-order valence-electron chi connectivity index (χ3n) is 4.62. The van der Waals surface area contributed by atoms with Crippen LogP contribution in [-0.4, -0.2) is 65.4 Å². The van der Waals surface area contributed by atoms with Crippen molar-refractivity contribution in [3.63, 3.8) is 0 Å². The third kappa shape index (κ3) is 2.95. The molecule has 1 aromatic heterocycles. The van der Waals surface area contributed by atoms with Crippen molar-refractivity contribution in [2.24, 2.45) is 0 Å². The molecule has 26 heavy (non-hydrogen) atoms. The van der Waals surface area contributed by atoms with Crippen molar-refractivity contribution in [2.45, 2.75) is 24.3 Å². The summed E-state index contributed by atoms with van der Waals surface area (Å²) >= 11 is 0. The SMILES string of the molecule is COC(=O)c1cn([C@@H]2CO[C@@H]3[C@@H]2OC[C@@H]3NC(=O)c2ccccc2)nn1. The fourth-order valence-corrected chi connectivity index (χ4v) is 3.31. The molecule has 4 atom stereocenters. The van der Waals surface area contributed by atoms with Crippen LogP contribution in [0.3, 0.4) is 0 Å². The highest BCUT2D eigenvalue weighted by Gasteiger charge is 2.49. The quantitative estimate of drug-likeness (QED) is 0.779. The molecule has 0 saturated carbocycles. The minimum atomic E-state index is -0.549. The summed E-state index contributed by atoms with van der Waals surface area (Å²) in [6.45, 7) is 0.708. The Balaban J connectivity index is 1.43. The van der Waals surface area contributed by atoms with E-state index in [0.717, 1.165) is 0 Å². The molecule has 0 radical (unpaired) electrons. The minimum absolute atomic E-state index is 0.128. The Kier molecular flexibility index (Phi) is 4.39. The molecule has 2 aliphatic rings. The number of nitrogens with one attached hydrogen (secondary N) is 1. The van der Waals surface area contributed by atoms with Gasteiger partial charge >= 0.3 is 5.97 Å². The lowest BCUT2D eigenvalue weighted by atomic mass is 10.1. The first-order chi connectivity index (χ1) is 12.7. The molecule has 0 aliphatic carbocycles. The molecule has 136 valence electrons. The second-order valence-corrected chi connectivity index (χ2v) is 6.18. The van der Waals surface area contributed by atoms with Crippen LogP contribution in [0, 0.1) is 0 Å². The first-order valence-corrected chi connectivity index (χ1v) is 8.26. The predicted octanol–water partition coefficient (Wildman–Crippen LogP) is 0.202. The Labute approximate surface area is 149 Å². The van der Waals surface area contributed by atoms with Crippen LogP contribution in [-0.2, 0) is 14.2 Å². The number of hydrogen-bond acceptors (Lipinski definition) is 7. The standard InChI is InChI=1S/C17H18N4O5/c1-24-17(23)11-7-21(20-19-11)13-9-26-14-12(8-25-15(13)14)18-16(22)10-5-3-2-4-6-10/h2-7,12-15H,8-9H2,1H3,(H,18,22)/t12-,13+,14-,15+/m0/s1. The average Bonchev–Trinajstić information content (AvgIpc) is 3.39. The molecule has 0 spiro atoms. The number of esters is 1. The van der Waals surface area contributed by atoms with Gasteiger partial charge in [0.05, 0.1) is 32.6 Å². The monoisotopic (exact) mass is 358 g/mol. The van der Waals surface area contributed by atoms with Crippen LogP contribution in [0.2, 0.25) is 0 Å². The van der Waals surface area contributed by atoms with Gasteiger partial charge in [0, 0.05) is 5.56 Å². The van der Waals surface area contributed by atoms with Gasteiger partial charge in [0.25, 0.3) is 5.91 Å². The Morgan fingerprint density at radius 3 is 2.73 bits per heavy atom. The van der Waals surface area contributed by atoms with E-state index in [4.69, 9.17) is 9.47 Å². The van der Waals surface area contributed by atoms with Crippen LogP contribution in [0.25, 0.3) is 0 Å². The van der Waals surface area contributed by atoms with Crippen molar-refractivity contribution in [1.82, 2.24) is 20.3 Å². The number of rotatable bonds is 4. The number of amides is 1. The molecule has 1 aromatic carbocycles. The first-order valence-electron chi connectivity index (χ1n) is 8.26. The van der Waals surface area contributed by atoms with E-state index in [1.54, 1.807) is 16.8 Å². The Bertz CT molecular complexity index is 808. The molecule has 2 saturated heterocycles. The van der Waals surface area contributed by atoms with Gasteiger partial charge in [0.15, 0.2) is 5.69 Å². The van der Waals surface area contributed by atoms with Gasteiger partial charge in [-0.25, -0.2) is 9.48 Å². The minimum Gasteiger partial charge on any atom is -0.464 e. The van der Waals surface area contributed by atoms with E-state index in [1.807, 2.05) is 18.2 Å². The molecule has 9 nitrogen and oxygen atoms in total. The molecule has 0 bridgehead atoms. The second-order valence-electron chi connectivity index (χ2n) is 6.18. The van der Waals surface area contributed by atoms with Crippen molar-refractivity contribution < 1.29 is 23.8 Å². The number of nitrogens with zero attached hydrogens (tertiary/aromatic N) is 3. The number of benzene rings is 1. The van der Waals surface area contributed by atoms with E-state index < -0.39 is 5.97 Å². The molecule has 1 amide bonds. The third-order valence-corrected chi connectivity index (χ3v) is 4.62. The normalized spacial score (nSPS) is 27.1. The molecule has 2 fully saturated rings. The topological polar surface area (TPSA) is 105 Å². The van der Waals surface area contributed by atoms with Crippen molar-refractivity contribution in [2.75, 3.05) is 20.3 Å². The number of carbonyl (C=O) groups is 2. The van der Waals surface area contributed by atoms with Crippen LogP contribution < -0.4 is 5.32 Å². The number of methoxy groups -OCH3 is 1. The van der Waals surface area contributed by atoms with Crippen molar-refractivity contribution >= 4 is 11.9 Å². The highest BCUT2D eigenvalue weighted by Crippen LogP contribution is 2.34. The number of fused-ring (bicyclic) bond motifs is 1. The van der Waals surface area contributed by atoms with E-state index >= 15 is 0 Å². The fourth-order valence-electron chi connectivity index (χ4n) is 3.31. The van der Waals surface area contributed by atoms with E-state index in [0.29, 0.717) is 18.8 Å². The van der Waals surface area contributed by atoms with Crippen molar-refractivity contribution in [3.05, 3.63) is 47.8 Å². The lowest BCUT2D eigenvalue weighted by Crippen LogP contribution is -2.44. The van der Waals surface area contributed by atoms with E-state index in [9.17, 15) is 9.59 Å². The van der Waals surface area contributed by atoms with Crippen molar-refractivity contribution in [3.8, 4) is 0 Å². The molecule has 1 N–H and O–H groups in total. The summed E-state index contributed by atoms with van der Waals surface area (Å²) in [5.74, 6) is -0.715. The zero-order valence-corrected chi connectivity index (χ0v) is 14.1. The highest BCUT2D eigenvalue weighted by molar-refractivity contribution is 5.94. The Morgan fingerprint density at radius 1 is 1.19 bits per heavy atom. The molecular formula is C17H18N4O5.